The molecule has 0 saturated heterocycles. The minimum atomic E-state index is -4.91. The predicted octanol–water partition coefficient (Wildman–Crippen LogP) is 5.86. The van der Waals surface area contributed by atoms with Gasteiger partial charge in [0, 0.05) is 27.3 Å². The summed E-state index contributed by atoms with van der Waals surface area (Å²) in [6, 6.07) is 5.23. The zero-order valence-corrected chi connectivity index (χ0v) is 16.9. The van der Waals surface area contributed by atoms with Crippen LogP contribution in [0.25, 0.3) is 0 Å². The fraction of sp³-hybridized carbons (Fsp3) is 0.0909. The van der Waals surface area contributed by atoms with Gasteiger partial charge in [0.25, 0.3) is 11.8 Å². The highest BCUT2D eigenvalue weighted by atomic mass is 35.5. The molecular formula is C22H11ClF6N2O2. The molecule has 170 valence electrons. The number of nitrogens with one attached hydrogen (secondary N) is 2. The van der Waals surface area contributed by atoms with Crippen molar-refractivity contribution >= 4 is 29.1 Å². The predicted molar refractivity (Wildman–Crippen MR) is 106 cm³/mol. The van der Waals surface area contributed by atoms with Gasteiger partial charge >= 0.3 is 6.18 Å². The van der Waals surface area contributed by atoms with E-state index in [1.165, 1.54) is 6.07 Å². The first-order chi connectivity index (χ1) is 15.4. The Kier molecular flexibility index (Phi) is 5.57. The molecule has 1 aliphatic heterocycles. The smallest absolute Gasteiger partial charge is 0.341 e. The number of fused-ring (bicyclic) bond motifs is 1. The molecule has 3 aromatic rings. The molecule has 2 amide bonds. The van der Waals surface area contributed by atoms with E-state index in [1.807, 2.05) is 0 Å². The molecule has 0 spiro atoms. The Morgan fingerprint density at radius 2 is 1.64 bits per heavy atom. The van der Waals surface area contributed by atoms with Crippen molar-refractivity contribution in [3.05, 3.63) is 98.8 Å². The molecule has 11 heteroatoms. The van der Waals surface area contributed by atoms with Crippen molar-refractivity contribution in [3.63, 3.8) is 0 Å². The zero-order valence-electron chi connectivity index (χ0n) is 16.2. The molecule has 1 aliphatic rings. The third-order valence-electron chi connectivity index (χ3n) is 4.96. The molecule has 1 atom stereocenters. The molecule has 0 aromatic heterocycles. The number of hydrogen-bond donors (Lipinski definition) is 2. The van der Waals surface area contributed by atoms with Crippen LogP contribution in [0, 0.1) is 17.5 Å². The second-order valence-corrected chi connectivity index (χ2v) is 7.57. The van der Waals surface area contributed by atoms with Crippen LogP contribution in [-0.2, 0) is 6.18 Å². The van der Waals surface area contributed by atoms with E-state index in [9.17, 15) is 35.9 Å². The standard InChI is InChI=1S/C22H11ClF6N2O2/c23-16-2-1-11(24)6-14(16)19-18-15(21(33)31-19)7-13(26)8-17(18)30-20(32)9-3-10(22(27,28)29)5-12(25)4-9/h1-8,19H,(H,30,32)(H,31,33). The van der Waals surface area contributed by atoms with Gasteiger partial charge in [-0.1, -0.05) is 11.6 Å². The van der Waals surface area contributed by atoms with Crippen LogP contribution in [0.4, 0.5) is 32.0 Å². The summed E-state index contributed by atoms with van der Waals surface area (Å²) in [6.45, 7) is 0. The number of carbonyl (C=O) groups excluding carboxylic acids is 2. The van der Waals surface area contributed by atoms with Gasteiger partial charge in [0.2, 0.25) is 0 Å². The maximum atomic E-state index is 14.2. The Bertz CT molecular complexity index is 1310. The van der Waals surface area contributed by atoms with E-state index in [1.54, 1.807) is 0 Å². The van der Waals surface area contributed by atoms with E-state index in [0.717, 1.165) is 24.3 Å². The van der Waals surface area contributed by atoms with Crippen molar-refractivity contribution in [1.29, 1.82) is 0 Å². The number of rotatable bonds is 3. The maximum Gasteiger partial charge on any atom is 0.416 e. The summed E-state index contributed by atoms with van der Waals surface area (Å²) < 4.78 is 80.7. The first-order valence-electron chi connectivity index (χ1n) is 9.22. The van der Waals surface area contributed by atoms with Crippen LogP contribution in [0.3, 0.4) is 0 Å². The monoisotopic (exact) mass is 484 g/mol. The van der Waals surface area contributed by atoms with Gasteiger partial charge in [-0.15, -0.1) is 0 Å². The van der Waals surface area contributed by atoms with Crippen molar-refractivity contribution in [3.8, 4) is 0 Å². The number of halogens is 7. The molecule has 0 bridgehead atoms. The van der Waals surface area contributed by atoms with E-state index in [2.05, 4.69) is 10.6 Å². The first-order valence-corrected chi connectivity index (χ1v) is 9.60. The average molecular weight is 485 g/mol. The lowest BCUT2D eigenvalue weighted by Crippen LogP contribution is -2.21. The Morgan fingerprint density at radius 3 is 2.33 bits per heavy atom. The van der Waals surface area contributed by atoms with Crippen LogP contribution >= 0.6 is 11.6 Å². The first kappa shape index (κ1) is 22.7. The summed E-state index contributed by atoms with van der Waals surface area (Å²) in [6.07, 6.45) is -4.91. The number of amides is 2. The van der Waals surface area contributed by atoms with Crippen molar-refractivity contribution in [1.82, 2.24) is 5.32 Å². The molecule has 4 rings (SSSR count). The van der Waals surface area contributed by atoms with E-state index in [4.69, 9.17) is 11.6 Å². The van der Waals surface area contributed by atoms with Crippen LogP contribution < -0.4 is 10.6 Å². The highest BCUT2D eigenvalue weighted by molar-refractivity contribution is 6.31. The number of carbonyl (C=O) groups is 2. The minimum Gasteiger partial charge on any atom is -0.341 e. The second-order valence-electron chi connectivity index (χ2n) is 7.17. The summed E-state index contributed by atoms with van der Waals surface area (Å²) in [4.78, 5) is 25.0. The van der Waals surface area contributed by atoms with Crippen LogP contribution in [0.5, 0.6) is 0 Å². The molecule has 0 aliphatic carbocycles. The summed E-state index contributed by atoms with van der Waals surface area (Å²) in [5.74, 6) is -4.84. The maximum absolute atomic E-state index is 14.2. The number of benzene rings is 3. The quantitative estimate of drug-likeness (QED) is 0.457. The zero-order chi connectivity index (χ0) is 24.1. The van der Waals surface area contributed by atoms with Gasteiger partial charge in [-0.25, -0.2) is 13.2 Å². The van der Waals surface area contributed by atoms with Crippen molar-refractivity contribution in [2.45, 2.75) is 12.2 Å². The van der Waals surface area contributed by atoms with Crippen LogP contribution in [0.15, 0.2) is 48.5 Å². The summed E-state index contributed by atoms with van der Waals surface area (Å²) in [5.41, 5.74) is -2.41. The van der Waals surface area contributed by atoms with Gasteiger partial charge < -0.3 is 10.6 Å². The lowest BCUT2D eigenvalue weighted by Gasteiger charge is -2.18. The van der Waals surface area contributed by atoms with E-state index in [-0.39, 0.29) is 33.5 Å². The summed E-state index contributed by atoms with van der Waals surface area (Å²) >= 11 is 6.13. The number of hydrogen-bond acceptors (Lipinski definition) is 2. The van der Waals surface area contributed by atoms with E-state index >= 15 is 0 Å². The molecule has 0 radical (unpaired) electrons. The topological polar surface area (TPSA) is 58.2 Å². The van der Waals surface area contributed by atoms with E-state index < -0.39 is 52.6 Å². The molecule has 0 saturated carbocycles. The molecule has 33 heavy (non-hydrogen) atoms. The minimum absolute atomic E-state index is 0.0229. The molecule has 1 unspecified atom stereocenters. The normalized spacial score (nSPS) is 15.2. The van der Waals surface area contributed by atoms with Gasteiger partial charge in [-0.05, 0) is 48.5 Å². The van der Waals surface area contributed by atoms with Crippen LogP contribution in [-0.4, -0.2) is 11.8 Å². The highest BCUT2D eigenvalue weighted by Crippen LogP contribution is 2.40. The van der Waals surface area contributed by atoms with E-state index in [0.29, 0.717) is 12.1 Å². The molecule has 4 nitrogen and oxygen atoms in total. The van der Waals surface area contributed by atoms with Crippen molar-refractivity contribution in [2.75, 3.05) is 5.32 Å². The Labute approximate surface area is 187 Å². The Morgan fingerprint density at radius 1 is 0.939 bits per heavy atom. The van der Waals surface area contributed by atoms with Crippen molar-refractivity contribution in [2.24, 2.45) is 0 Å². The van der Waals surface area contributed by atoms with Gasteiger partial charge in [0.1, 0.15) is 17.5 Å². The summed E-state index contributed by atoms with van der Waals surface area (Å²) in [5, 5.41) is 4.79. The highest BCUT2D eigenvalue weighted by Gasteiger charge is 2.35. The fourth-order valence-corrected chi connectivity index (χ4v) is 3.78. The van der Waals surface area contributed by atoms with Gasteiger partial charge in [-0.3, -0.25) is 9.59 Å². The Balaban J connectivity index is 1.79. The number of alkyl halides is 3. The molecule has 3 aromatic carbocycles. The lowest BCUT2D eigenvalue weighted by atomic mass is 9.96. The third-order valence-corrected chi connectivity index (χ3v) is 5.30. The van der Waals surface area contributed by atoms with Crippen molar-refractivity contribution < 1.29 is 35.9 Å². The molecule has 0 fully saturated rings. The largest absolute Gasteiger partial charge is 0.416 e. The van der Waals surface area contributed by atoms with Gasteiger partial charge in [-0.2, -0.15) is 13.2 Å². The lowest BCUT2D eigenvalue weighted by molar-refractivity contribution is -0.137. The summed E-state index contributed by atoms with van der Waals surface area (Å²) in [7, 11) is 0. The molecular weight excluding hydrogens is 474 g/mol. The van der Waals surface area contributed by atoms with Crippen LogP contribution in [0.1, 0.15) is 43.4 Å². The van der Waals surface area contributed by atoms with Crippen LogP contribution in [0.2, 0.25) is 5.02 Å². The third kappa shape index (κ3) is 4.38. The SMILES string of the molecule is O=C(Nc1cc(F)cc2c1C(c1cc(F)ccc1Cl)NC2=O)c1cc(F)cc(C(F)(F)F)c1. The molecule has 2 N–H and O–H groups in total. The Hall–Kier alpha value is -3.53. The number of anilines is 1. The van der Waals surface area contributed by atoms with Gasteiger partial charge in [0.15, 0.2) is 0 Å². The average Bonchev–Trinajstić information content (AvgIpc) is 3.05. The second kappa shape index (κ2) is 8.11. The fourth-order valence-electron chi connectivity index (χ4n) is 3.55. The molecule has 1 heterocycles. The van der Waals surface area contributed by atoms with Gasteiger partial charge in [0.05, 0.1) is 17.3 Å².